The molecule has 0 saturated heterocycles. The molecular formula is C52H36N2. The first kappa shape index (κ1) is 31.6. The molecule has 0 aliphatic carbocycles. The van der Waals surface area contributed by atoms with Crippen molar-refractivity contribution in [2.45, 2.75) is 0 Å². The molecule has 1 heterocycles. The minimum Gasteiger partial charge on any atom is -0.309 e. The van der Waals surface area contributed by atoms with Crippen molar-refractivity contribution in [2.75, 3.05) is 4.90 Å². The van der Waals surface area contributed by atoms with E-state index in [0.29, 0.717) is 0 Å². The topological polar surface area (TPSA) is 8.17 Å². The van der Waals surface area contributed by atoms with Crippen LogP contribution in [0.15, 0.2) is 218 Å². The average Bonchev–Trinajstić information content (AvgIpc) is 3.59. The Balaban J connectivity index is 1.26. The summed E-state index contributed by atoms with van der Waals surface area (Å²) in [6.45, 7) is 0. The zero-order valence-corrected chi connectivity index (χ0v) is 29.7. The number of fused-ring (bicyclic) bond motifs is 4. The van der Waals surface area contributed by atoms with Crippen molar-refractivity contribution < 1.29 is 0 Å². The maximum Gasteiger partial charge on any atom is 0.0547 e. The Bertz CT molecular complexity index is 2930. The summed E-state index contributed by atoms with van der Waals surface area (Å²) in [5.41, 5.74) is 13.9. The molecule has 0 atom stereocenters. The first-order valence-corrected chi connectivity index (χ1v) is 18.5. The molecule has 2 heteroatoms. The zero-order chi connectivity index (χ0) is 35.8. The molecule has 0 amide bonds. The van der Waals surface area contributed by atoms with Crippen molar-refractivity contribution in [3.63, 3.8) is 0 Å². The van der Waals surface area contributed by atoms with Crippen LogP contribution in [0.1, 0.15) is 0 Å². The molecule has 10 rings (SSSR count). The second-order valence-corrected chi connectivity index (χ2v) is 13.7. The van der Waals surface area contributed by atoms with Crippen LogP contribution in [0.25, 0.3) is 71.6 Å². The van der Waals surface area contributed by atoms with Gasteiger partial charge in [-0.15, -0.1) is 0 Å². The van der Waals surface area contributed by atoms with Crippen molar-refractivity contribution in [1.82, 2.24) is 4.57 Å². The molecule has 2 nitrogen and oxygen atoms in total. The molecule has 0 fully saturated rings. The summed E-state index contributed by atoms with van der Waals surface area (Å²) in [5.74, 6) is 0. The van der Waals surface area contributed by atoms with Crippen molar-refractivity contribution in [2.24, 2.45) is 0 Å². The normalized spacial score (nSPS) is 11.3. The summed E-state index contributed by atoms with van der Waals surface area (Å²) in [4.78, 5) is 2.47. The third-order valence-corrected chi connectivity index (χ3v) is 10.6. The lowest BCUT2D eigenvalue weighted by Crippen LogP contribution is -2.12. The van der Waals surface area contributed by atoms with Gasteiger partial charge in [0.25, 0.3) is 0 Å². The van der Waals surface area contributed by atoms with E-state index in [-0.39, 0.29) is 0 Å². The number of rotatable bonds is 7. The number of nitrogens with zero attached hydrogens (tertiary/aromatic N) is 2. The number of hydrogen-bond acceptors (Lipinski definition) is 1. The molecule has 10 aromatic rings. The second-order valence-electron chi connectivity index (χ2n) is 13.7. The SMILES string of the molecule is c1ccc(-c2cccc(N(c3ccccc3-c3cccc4ccccc34)c3ccccc3-c3cccc4c3c3ccccc3n4-c3ccccc3)c2)cc1. The second kappa shape index (κ2) is 13.4. The van der Waals surface area contributed by atoms with E-state index in [0.717, 1.165) is 28.3 Å². The fourth-order valence-electron chi connectivity index (χ4n) is 8.22. The maximum atomic E-state index is 2.47. The quantitative estimate of drug-likeness (QED) is 0.162. The van der Waals surface area contributed by atoms with Gasteiger partial charge in [0, 0.05) is 33.3 Å². The molecule has 0 aliphatic rings. The summed E-state index contributed by atoms with van der Waals surface area (Å²) in [5, 5.41) is 4.93. The van der Waals surface area contributed by atoms with Gasteiger partial charge < -0.3 is 9.47 Å². The van der Waals surface area contributed by atoms with Gasteiger partial charge in [0.05, 0.1) is 22.4 Å². The maximum absolute atomic E-state index is 2.47. The van der Waals surface area contributed by atoms with Crippen LogP contribution in [0.5, 0.6) is 0 Å². The van der Waals surface area contributed by atoms with Gasteiger partial charge in [-0.3, -0.25) is 0 Å². The van der Waals surface area contributed by atoms with Gasteiger partial charge in [0.15, 0.2) is 0 Å². The molecule has 254 valence electrons. The van der Waals surface area contributed by atoms with E-state index in [1.807, 2.05) is 0 Å². The van der Waals surface area contributed by atoms with Crippen LogP contribution in [0.3, 0.4) is 0 Å². The highest BCUT2D eigenvalue weighted by atomic mass is 15.1. The minimum atomic E-state index is 1.09. The van der Waals surface area contributed by atoms with Crippen LogP contribution in [0.4, 0.5) is 17.1 Å². The first-order valence-electron chi connectivity index (χ1n) is 18.5. The van der Waals surface area contributed by atoms with Crippen molar-refractivity contribution in [3.05, 3.63) is 218 Å². The molecule has 0 aliphatic heterocycles. The molecule has 0 radical (unpaired) electrons. The highest BCUT2D eigenvalue weighted by molar-refractivity contribution is 6.17. The Morgan fingerprint density at radius 3 is 1.65 bits per heavy atom. The predicted molar refractivity (Wildman–Crippen MR) is 229 cm³/mol. The van der Waals surface area contributed by atoms with Crippen LogP contribution in [-0.2, 0) is 0 Å². The lowest BCUT2D eigenvalue weighted by atomic mass is 9.94. The van der Waals surface area contributed by atoms with Crippen LogP contribution >= 0.6 is 0 Å². The molecule has 0 N–H and O–H groups in total. The largest absolute Gasteiger partial charge is 0.309 e. The van der Waals surface area contributed by atoms with Gasteiger partial charge in [0.1, 0.15) is 0 Å². The van der Waals surface area contributed by atoms with Crippen molar-refractivity contribution in [3.8, 4) is 39.1 Å². The number of anilines is 3. The van der Waals surface area contributed by atoms with E-state index >= 15 is 0 Å². The van der Waals surface area contributed by atoms with E-state index in [1.165, 1.54) is 60.4 Å². The Hall–Kier alpha value is -7.16. The van der Waals surface area contributed by atoms with E-state index < -0.39 is 0 Å². The molecule has 0 bridgehead atoms. The van der Waals surface area contributed by atoms with E-state index in [9.17, 15) is 0 Å². The number of para-hydroxylation sites is 4. The summed E-state index contributed by atoms with van der Waals surface area (Å²) in [6.07, 6.45) is 0. The Kier molecular flexibility index (Phi) is 7.85. The fraction of sp³-hybridized carbons (Fsp3) is 0. The van der Waals surface area contributed by atoms with Crippen LogP contribution < -0.4 is 4.90 Å². The van der Waals surface area contributed by atoms with E-state index in [2.05, 4.69) is 228 Å². The molecular weight excluding hydrogens is 653 g/mol. The van der Waals surface area contributed by atoms with Crippen LogP contribution in [0.2, 0.25) is 0 Å². The van der Waals surface area contributed by atoms with Crippen LogP contribution in [0, 0.1) is 0 Å². The van der Waals surface area contributed by atoms with Gasteiger partial charge in [-0.2, -0.15) is 0 Å². The number of benzene rings is 9. The lowest BCUT2D eigenvalue weighted by molar-refractivity contribution is 1.18. The molecule has 0 saturated carbocycles. The Morgan fingerprint density at radius 2 is 0.852 bits per heavy atom. The van der Waals surface area contributed by atoms with E-state index in [1.54, 1.807) is 0 Å². The standard InChI is InChI=1S/C52H36N2/c1-3-18-37(19-4-1)39-22-15-25-41(36-39)54(48-32-12-9-27-44(48)43-30-16-21-38-20-7-8-26-42(38)43)49-33-13-10-28-45(49)46-31-17-35-51-52(46)47-29-11-14-34-50(47)53(51)40-23-5-2-6-24-40/h1-36H. The number of aromatic nitrogens is 1. The fourth-order valence-corrected chi connectivity index (χ4v) is 8.22. The highest BCUT2D eigenvalue weighted by Crippen LogP contribution is 2.48. The van der Waals surface area contributed by atoms with Gasteiger partial charge in [0.2, 0.25) is 0 Å². The van der Waals surface area contributed by atoms with Gasteiger partial charge in [-0.05, 0) is 81.6 Å². The monoisotopic (exact) mass is 688 g/mol. The van der Waals surface area contributed by atoms with Crippen molar-refractivity contribution >= 4 is 49.6 Å². The average molecular weight is 689 g/mol. The summed E-state index contributed by atoms with van der Waals surface area (Å²) in [7, 11) is 0. The molecule has 9 aromatic carbocycles. The predicted octanol–water partition coefficient (Wildman–Crippen LogP) is 14.4. The summed E-state index contributed by atoms with van der Waals surface area (Å²) < 4.78 is 2.40. The smallest absolute Gasteiger partial charge is 0.0547 e. The van der Waals surface area contributed by atoms with Gasteiger partial charge in [-0.25, -0.2) is 0 Å². The molecule has 54 heavy (non-hydrogen) atoms. The van der Waals surface area contributed by atoms with E-state index in [4.69, 9.17) is 0 Å². The van der Waals surface area contributed by atoms with Crippen molar-refractivity contribution in [1.29, 1.82) is 0 Å². The molecule has 0 unspecified atom stereocenters. The zero-order valence-electron chi connectivity index (χ0n) is 29.7. The van der Waals surface area contributed by atoms with Gasteiger partial charge in [-0.1, -0.05) is 170 Å². The highest BCUT2D eigenvalue weighted by Gasteiger charge is 2.23. The minimum absolute atomic E-state index is 1.09. The summed E-state index contributed by atoms with van der Waals surface area (Å²) >= 11 is 0. The lowest BCUT2D eigenvalue weighted by Gasteiger charge is -2.30. The first-order chi connectivity index (χ1) is 26.8. The third-order valence-electron chi connectivity index (χ3n) is 10.6. The van der Waals surface area contributed by atoms with Crippen LogP contribution in [-0.4, -0.2) is 4.57 Å². The Labute approximate surface area is 315 Å². The number of hydrogen-bond donors (Lipinski definition) is 0. The molecule has 1 aromatic heterocycles. The third kappa shape index (κ3) is 5.36. The summed E-state index contributed by atoms with van der Waals surface area (Å²) in [6, 6.07) is 78.9. The van der Waals surface area contributed by atoms with Gasteiger partial charge >= 0.3 is 0 Å². The Morgan fingerprint density at radius 1 is 0.333 bits per heavy atom. The molecule has 0 spiro atoms.